The van der Waals surface area contributed by atoms with Crippen molar-refractivity contribution in [1.82, 2.24) is 0 Å². The maximum absolute atomic E-state index is 2.62. The molecule has 0 saturated heterocycles. The van der Waals surface area contributed by atoms with Gasteiger partial charge in [-0.05, 0) is 184 Å². The first-order valence-electron chi connectivity index (χ1n) is 23.6. The molecule has 0 N–H and O–H groups in total. The highest BCUT2D eigenvalue weighted by Crippen LogP contribution is 2.71. The number of benzene rings is 7. The van der Waals surface area contributed by atoms with Gasteiger partial charge >= 0.3 is 0 Å². The standard InChI is InChI=1S/C62H60N2/c1-35-13-21-39(22-14-35)63(40-23-15-36(2)16-24-40)43-31-47-51-49(33-43)61(9,10)57-55(51)53-45(59(47,5)6)29-30-46-54(53)56-52-48(60(46,7)8)32-44(34-50(52)62(11,12)58(56)57)64(41-25-17-37(3)18-26-41)42-27-19-38(4)20-28-42/h13-33,50H,34H2,1-12H3. The van der Waals surface area contributed by atoms with Gasteiger partial charge in [0.15, 0.2) is 0 Å². The number of nitrogens with zero attached hydrogens (tertiary/aromatic N) is 2. The zero-order valence-electron chi connectivity index (χ0n) is 39.8. The molecule has 0 fully saturated rings. The number of fused-ring (bicyclic) bond motifs is 1. The summed E-state index contributed by atoms with van der Waals surface area (Å²) in [4.78, 5) is 5.06. The molecule has 318 valence electrons. The maximum Gasteiger partial charge on any atom is 0.0468 e. The van der Waals surface area contributed by atoms with Crippen molar-refractivity contribution < 1.29 is 0 Å². The first-order chi connectivity index (χ1) is 30.4. The van der Waals surface area contributed by atoms with Crippen LogP contribution in [0.5, 0.6) is 0 Å². The van der Waals surface area contributed by atoms with E-state index in [0.717, 1.165) is 6.42 Å². The van der Waals surface area contributed by atoms with E-state index < -0.39 is 0 Å². The normalized spacial score (nSPS) is 19.2. The topological polar surface area (TPSA) is 6.48 Å². The van der Waals surface area contributed by atoms with E-state index in [0.29, 0.717) is 5.92 Å². The van der Waals surface area contributed by atoms with Gasteiger partial charge in [-0.25, -0.2) is 0 Å². The Labute approximate surface area is 381 Å². The summed E-state index contributed by atoms with van der Waals surface area (Å²) >= 11 is 0. The lowest BCUT2D eigenvalue weighted by Crippen LogP contribution is -2.34. The highest BCUT2D eigenvalue weighted by atomic mass is 15.2. The van der Waals surface area contributed by atoms with Crippen LogP contribution in [0.1, 0.15) is 123 Å². The predicted octanol–water partition coefficient (Wildman–Crippen LogP) is 16.6. The van der Waals surface area contributed by atoms with Gasteiger partial charge in [-0.3, -0.25) is 0 Å². The van der Waals surface area contributed by atoms with Crippen LogP contribution in [0.3, 0.4) is 0 Å². The Morgan fingerprint density at radius 2 is 0.828 bits per heavy atom. The van der Waals surface area contributed by atoms with Crippen LogP contribution < -0.4 is 9.80 Å². The molecule has 0 bridgehead atoms. The number of rotatable bonds is 6. The van der Waals surface area contributed by atoms with Crippen LogP contribution in [0.4, 0.5) is 28.4 Å². The van der Waals surface area contributed by atoms with Gasteiger partial charge in [-0.2, -0.15) is 0 Å². The van der Waals surface area contributed by atoms with Crippen molar-refractivity contribution in [1.29, 1.82) is 0 Å². The highest BCUT2D eigenvalue weighted by molar-refractivity contribution is 6.17. The van der Waals surface area contributed by atoms with Gasteiger partial charge in [0.1, 0.15) is 0 Å². The lowest BCUT2D eigenvalue weighted by atomic mass is 9.61. The second kappa shape index (κ2) is 12.8. The Kier molecular flexibility index (Phi) is 7.88. The first-order valence-corrected chi connectivity index (χ1v) is 23.6. The molecule has 2 heteroatoms. The Balaban J connectivity index is 1.14. The van der Waals surface area contributed by atoms with Gasteiger partial charge in [0, 0.05) is 50.4 Å². The molecule has 0 amide bonds. The van der Waals surface area contributed by atoms with E-state index in [4.69, 9.17) is 0 Å². The molecule has 0 saturated carbocycles. The van der Waals surface area contributed by atoms with E-state index in [1.807, 2.05) is 0 Å². The molecule has 1 atom stereocenters. The van der Waals surface area contributed by atoms with Crippen molar-refractivity contribution in [2.75, 3.05) is 9.80 Å². The molecule has 64 heavy (non-hydrogen) atoms. The molecule has 0 spiro atoms. The molecule has 7 aromatic rings. The summed E-state index contributed by atoms with van der Waals surface area (Å²) in [5.41, 5.74) is 28.4. The second-order valence-corrected chi connectivity index (χ2v) is 22.2. The summed E-state index contributed by atoms with van der Waals surface area (Å²) in [6.07, 6.45) is 3.59. The third kappa shape index (κ3) is 5.03. The number of aryl methyl sites for hydroxylation is 4. The maximum atomic E-state index is 2.62. The van der Waals surface area contributed by atoms with E-state index in [-0.39, 0.29) is 21.7 Å². The van der Waals surface area contributed by atoms with Gasteiger partial charge < -0.3 is 9.80 Å². The van der Waals surface area contributed by atoms with Gasteiger partial charge in [0.2, 0.25) is 0 Å². The molecule has 2 nitrogen and oxygen atoms in total. The SMILES string of the molecule is Cc1ccc(N(C2=CC3=C4c5c(c6c7c8c(ccc(c58)C3(C)C)C(C)(C)c3cc(N(c5ccc(C)cc5)c5ccc(C)cc5)cc(c3-7)C6(C)C)C(C)(C)C4C2)c2ccc(C)cc2)cc1. The van der Waals surface area contributed by atoms with Gasteiger partial charge in [0.05, 0.1) is 0 Å². The van der Waals surface area contributed by atoms with Gasteiger partial charge in [0.25, 0.3) is 0 Å². The lowest BCUT2D eigenvalue weighted by molar-refractivity contribution is 0.396. The number of anilines is 5. The smallest absolute Gasteiger partial charge is 0.0468 e. The van der Waals surface area contributed by atoms with Crippen molar-refractivity contribution >= 4 is 44.8 Å². The van der Waals surface area contributed by atoms with Crippen molar-refractivity contribution in [2.24, 2.45) is 5.92 Å². The molecule has 5 aliphatic rings. The van der Waals surface area contributed by atoms with Crippen molar-refractivity contribution in [3.63, 3.8) is 0 Å². The number of allylic oxidation sites excluding steroid dienone is 4. The van der Waals surface area contributed by atoms with Crippen LogP contribution in [-0.4, -0.2) is 0 Å². The Hall–Kier alpha value is -6.12. The van der Waals surface area contributed by atoms with Crippen LogP contribution in [0.15, 0.2) is 139 Å². The van der Waals surface area contributed by atoms with Crippen LogP contribution in [0, 0.1) is 33.6 Å². The monoisotopic (exact) mass is 832 g/mol. The molecule has 0 heterocycles. The van der Waals surface area contributed by atoms with E-state index in [1.54, 1.807) is 22.3 Å². The fraction of sp³-hybridized carbons (Fsp3) is 0.290. The van der Waals surface area contributed by atoms with Crippen LogP contribution in [-0.2, 0) is 21.7 Å². The van der Waals surface area contributed by atoms with Gasteiger partial charge in [-0.15, -0.1) is 0 Å². The molecule has 0 radical (unpaired) electrons. The van der Waals surface area contributed by atoms with Crippen molar-refractivity contribution in [3.8, 4) is 11.1 Å². The van der Waals surface area contributed by atoms with E-state index in [9.17, 15) is 0 Å². The van der Waals surface area contributed by atoms with Crippen LogP contribution in [0.2, 0.25) is 0 Å². The lowest BCUT2D eigenvalue weighted by Gasteiger charge is -2.43. The summed E-state index contributed by atoms with van der Waals surface area (Å²) in [6.45, 7) is 29.0. The number of hydrogen-bond acceptors (Lipinski definition) is 2. The second-order valence-electron chi connectivity index (χ2n) is 22.2. The summed E-state index contributed by atoms with van der Waals surface area (Å²) in [6, 6.07) is 46.7. The summed E-state index contributed by atoms with van der Waals surface area (Å²) < 4.78 is 0. The third-order valence-electron chi connectivity index (χ3n) is 16.7. The van der Waals surface area contributed by atoms with E-state index in [2.05, 4.69) is 220 Å². The van der Waals surface area contributed by atoms with Crippen LogP contribution in [0.25, 0.3) is 27.5 Å². The molecule has 0 aromatic heterocycles. The van der Waals surface area contributed by atoms with Crippen LogP contribution >= 0.6 is 0 Å². The zero-order chi connectivity index (χ0) is 44.6. The quantitative estimate of drug-likeness (QED) is 0.165. The average molecular weight is 833 g/mol. The Bertz CT molecular complexity index is 3150. The molecule has 5 aliphatic carbocycles. The summed E-state index contributed by atoms with van der Waals surface area (Å²) in [5, 5.41) is 3.05. The third-order valence-corrected chi connectivity index (χ3v) is 16.7. The summed E-state index contributed by atoms with van der Waals surface area (Å²) in [7, 11) is 0. The molecular weight excluding hydrogens is 773 g/mol. The average Bonchev–Trinajstić information content (AvgIpc) is 3.64. The molecular formula is C62H60N2. The predicted molar refractivity (Wildman–Crippen MR) is 271 cm³/mol. The van der Waals surface area contributed by atoms with Crippen molar-refractivity contribution in [3.05, 3.63) is 200 Å². The zero-order valence-corrected chi connectivity index (χ0v) is 39.8. The van der Waals surface area contributed by atoms with E-state index >= 15 is 0 Å². The first kappa shape index (κ1) is 39.5. The molecule has 7 aromatic carbocycles. The fourth-order valence-electron chi connectivity index (χ4n) is 13.2. The Morgan fingerprint density at radius 1 is 0.406 bits per heavy atom. The van der Waals surface area contributed by atoms with Crippen molar-refractivity contribution in [2.45, 2.75) is 111 Å². The molecule has 12 rings (SSSR count). The summed E-state index contributed by atoms with van der Waals surface area (Å²) in [5.74, 6) is 0.323. The minimum atomic E-state index is -0.236. The molecule has 1 unspecified atom stereocenters. The van der Waals surface area contributed by atoms with Gasteiger partial charge in [-0.1, -0.05) is 138 Å². The highest BCUT2D eigenvalue weighted by Gasteiger charge is 2.57. The minimum absolute atomic E-state index is 0.125. The fourth-order valence-corrected chi connectivity index (χ4v) is 13.2. The largest absolute Gasteiger partial charge is 0.314 e. The minimum Gasteiger partial charge on any atom is -0.314 e. The number of hydrogen-bond donors (Lipinski definition) is 0. The molecule has 0 aliphatic heterocycles. The van der Waals surface area contributed by atoms with E-state index in [1.165, 1.54) is 106 Å². The Morgan fingerprint density at radius 3 is 1.31 bits per heavy atom.